The van der Waals surface area contributed by atoms with Crippen LogP contribution in [0.25, 0.3) is 11.3 Å². The second-order valence-electron chi connectivity index (χ2n) is 8.53. The molecule has 0 fully saturated rings. The van der Waals surface area contributed by atoms with Crippen LogP contribution in [0.4, 0.5) is 26.3 Å². The molecule has 4 heterocycles. The molecule has 2 atom stereocenters. The van der Waals surface area contributed by atoms with Crippen LogP contribution in [-0.4, -0.2) is 52.6 Å². The van der Waals surface area contributed by atoms with Gasteiger partial charge in [-0.25, -0.2) is 0 Å². The lowest BCUT2D eigenvalue weighted by Gasteiger charge is -2.15. The topological polar surface area (TPSA) is 119 Å². The summed E-state index contributed by atoms with van der Waals surface area (Å²) in [5.41, 5.74) is -3.03. The number of aliphatic hydroxyl groups excluding tert-OH is 2. The lowest BCUT2D eigenvalue weighted by molar-refractivity contribution is -0.139. The third-order valence-corrected chi connectivity index (χ3v) is 5.70. The number of nitrogens with zero attached hydrogens (tertiary/aromatic N) is 6. The van der Waals surface area contributed by atoms with E-state index in [1.165, 1.54) is 47.2 Å². The van der Waals surface area contributed by atoms with Gasteiger partial charge in [-0.1, -0.05) is 0 Å². The molecule has 4 rings (SSSR count). The second-order valence-corrected chi connectivity index (χ2v) is 8.53. The van der Waals surface area contributed by atoms with Crippen LogP contribution in [0.3, 0.4) is 0 Å². The van der Waals surface area contributed by atoms with E-state index in [-0.39, 0.29) is 47.3 Å². The molecule has 16 heteroatoms. The van der Waals surface area contributed by atoms with Crippen molar-refractivity contribution >= 4 is 11.3 Å². The number of rotatable bonds is 8. The summed E-state index contributed by atoms with van der Waals surface area (Å²) in [7, 11) is 0. The highest BCUT2D eigenvalue weighted by Crippen LogP contribution is 2.38. The molecule has 0 saturated carbocycles. The number of alkyl halides is 6. The summed E-state index contributed by atoms with van der Waals surface area (Å²) in [4.78, 5) is 0. The SMILES string of the molecule is CCOCc1nnc2c(C(F)(F)F)c(C(C)O)ccn12.CCOCc1nnc2c(C(F)(F)F)c(C(C)O)ccn12. The Balaban J connectivity index is 0.000000220. The van der Waals surface area contributed by atoms with Crippen molar-refractivity contribution in [2.45, 2.75) is 65.5 Å². The van der Waals surface area contributed by atoms with Crippen molar-refractivity contribution in [2.75, 3.05) is 13.2 Å². The molecule has 2 N–H and O–H groups in total. The van der Waals surface area contributed by atoms with E-state index >= 15 is 0 Å². The minimum absolute atomic E-state index is 0.0724. The number of pyridine rings is 2. The molecule has 2 unspecified atom stereocenters. The highest BCUT2D eigenvalue weighted by atomic mass is 19.4. The highest BCUT2D eigenvalue weighted by molar-refractivity contribution is 5.55. The zero-order valence-corrected chi connectivity index (χ0v) is 22.0. The smallest absolute Gasteiger partial charge is 0.389 e. The number of hydrogen-bond donors (Lipinski definition) is 2. The lowest BCUT2D eigenvalue weighted by Crippen LogP contribution is -2.14. The van der Waals surface area contributed by atoms with Crippen molar-refractivity contribution in [3.63, 3.8) is 0 Å². The second kappa shape index (κ2) is 12.4. The Morgan fingerprint density at radius 3 is 1.32 bits per heavy atom. The minimum Gasteiger partial charge on any atom is -0.389 e. The summed E-state index contributed by atoms with van der Waals surface area (Å²) in [5, 5.41) is 33.6. The number of hydrogen-bond acceptors (Lipinski definition) is 8. The van der Waals surface area contributed by atoms with E-state index in [1.54, 1.807) is 13.8 Å². The van der Waals surface area contributed by atoms with Gasteiger partial charge in [-0.3, -0.25) is 8.80 Å². The quantitative estimate of drug-likeness (QED) is 0.290. The molecule has 0 saturated heterocycles. The first-order valence-corrected chi connectivity index (χ1v) is 12.1. The van der Waals surface area contributed by atoms with Crippen LogP contribution in [0.2, 0.25) is 0 Å². The summed E-state index contributed by atoms with van der Waals surface area (Å²) in [6.45, 7) is 7.09. The van der Waals surface area contributed by atoms with Crippen LogP contribution >= 0.6 is 0 Å². The molecule has 40 heavy (non-hydrogen) atoms. The van der Waals surface area contributed by atoms with E-state index < -0.39 is 35.7 Å². The Morgan fingerprint density at radius 1 is 0.700 bits per heavy atom. The van der Waals surface area contributed by atoms with Crippen LogP contribution in [-0.2, 0) is 35.0 Å². The van der Waals surface area contributed by atoms with Crippen molar-refractivity contribution in [1.29, 1.82) is 0 Å². The summed E-state index contributed by atoms with van der Waals surface area (Å²) in [5.74, 6) is 0.564. The summed E-state index contributed by atoms with van der Waals surface area (Å²) in [6.07, 6.45) is -8.93. The van der Waals surface area contributed by atoms with Gasteiger partial charge in [0.05, 0.1) is 12.2 Å². The maximum atomic E-state index is 13.2. The first kappa shape index (κ1) is 31.2. The molecule has 220 valence electrons. The molecule has 0 aliphatic rings. The minimum atomic E-state index is -4.62. The number of aliphatic hydroxyl groups is 2. The van der Waals surface area contributed by atoms with Gasteiger partial charge in [0.1, 0.15) is 24.3 Å². The Labute approximate surface area is 224 Å². The Hall–Kier alpha value is -3.34. The van der Waals surface area contributed by atoms with Gasteiger partial charge in [-0.05, 0) is 51.0 Å². The highest BCUT2D eigenvalue weighted by Gasteiger charge is 2.39. The van der Waals surface area contributed by atoms with Gasteiger partial charge in [0.2, 0.25) is 0 Å². The maximum Gasteiger partial charge on any atom is 0.420 e. The number of aromatic nitrogens is 6. The van der Waals surface area contributed by atoms with E-state index in [2.05, 4.69) is 20.4 Å². The van der Waals surface area contributed by atoms with Crippen molar-refractivity contribution in [2.24, 2.45) is 0 Å². The molecule has 0 aliphatic heterocycles. The van der Waals surface area contributed by atoms with E-state index in [1.807, 2.05) is 0 Å². The molecular formula is C24H28F6N6O4. The zero-order valence-electron chi connectivity index (χ0n) is 22.0. The average molecular weight is 579 g/mol. The molecule has 0 spiro atoms. The fourth-order valence-electron chi connectivity index (χ4n) is 3.90. The van der Waals surface area contributed by atoms with Gasteiger partial charge in [0.25, 0.3) is 0 Å². The molecule has 4 aromatic heterocycles. The first-order valence-electron chi connectivity index (χ1n) is 12.1. The summed E-state index contributed by atoms with van der Waals surface area (Å²) in [6, 6.07) is 2.44. The molecule has 0 aromatic carbocycles. The van der Waals surface area contributed by atoms with E-state index in [0.717, 1.165) is 0 Å². The Morgan fingerprint density at radius 2 is 1.05 bits per heavy atom. The van der Waals surface area contributed by atoms with Crippen molar-refractivity contribution in [1.82, 2.24) is 29.2 Å². The van der Waals surface area contributed by atoms with Crippen LogP contribution in [0.15, 0.2) is 24.5 Å². The van der Waals surface area contributed by atoms with Gasteiger partial charge in [-0.2, -0.15) is 26.3 Å². The fourth-order valence-corrected chi connectivity index (χ4v) is 3.90. The molecular weight excluding hydrogens is 550 g/mol. The molecule has 0 bridgehead atoms. The third kappa shape index (κ3) is 6.68. The van der Waals surface area contributed by atoms with Gasteiger partial charge in [0, 0.05) is 25.6 Å². The van der Waals surface area contributed by atoms with Crippen LogP contribution in [0.5, 0.6) is 0 Å². The normalized spacial score (nSPS) is 13.9. The van der Waals surface area contributed by atoms with Crippen molar-refractivity contribution < 1.29 is 46.0 Å². The summed E-state index contributed by atoms with van der Waals surface area (Å²) >= 11 is 0. The number of ether oxygens (including phenoxy) is 2. The van der Waals surface area contributed by atoms with Gasteiger partial charge < -0.3 is 19.7 Å². The Bertz CT molecular complexity index is 1320. The van der Waals surface area contributed by atoms with Gasteiger partial charge in [0.15, 0.2) is 22.9 Å². The zero-order chi connectivity index (χ0) is 29.8. The molecule has 0 amide bonds. The average Bonchev–Trinajstić information content (AvgIpc) is 3.47. The molecule has 0 aliphatic carbocycles. The predicted octanol–water partition coefficient (Wildman–Crippen LogP) is 4.68. The van der Waals surface area contributed by atoms with E-state index in [0.29, 0.717) is 13.2 Å². The first-order chi connectivity index (χ1) is 18.7. The van der Waals surface area contributed by atoms with Gasteiger partial charge >= 0.3 is 12.4 Å². The number of halogens is 6. The largest absolute Gasteiger partial charge is 0.420 e. The van der Waals surface area contributed by atoms with E-state index in [9.17, 15) is 36.6 Å². The Kier molecular flexibility index (Phi) is 9.71. The van der Waals surface area contributed by atoms with Crippen LogP contribution in [0.1, 0.15) is 73.8 Å². The maximum absolute atomic E-state index is 13.2. The standard InChI is InChI=1S/2C12H14F3N3O2/c2*1-3-20-6-9-16-17-11-10(12(13,14)15)8(7(2)19)4-5-18(9)11/h2*4-5,7,19H,3,6H2,1-2H3. The molecule has 0 radical (unpaired) electrons. The number of fused-ring (bicyclic) bond motifs is 2. The van der Waals surface area contributed by atoms with Crippen LogP contribution < -0.4 is 0 Å². The summed E-state index contributed by atoms with van der Waals surface area (Å²) < 4.78 is 91.8. The monoisotopic (exact) mass is 578 g/mol. The van der Waals surface area contributed by atoms with Gasteiger partial charge in [-0.15, -0.1) is 20.4 Å². The molecule has 10 nitrogen and oxygen atoms in total. The van der Waals surface area contributed by atoms with Crippen molar-refractivity contribution in [3.8, 4) is 0 Å². The van der Waals surface area contributed by atoms with Crippen molar-refractivity contribution in [3.05, 3.63) is 58.4 Å². The fraction of sp³-hybridized carbons (Fsp3) is 0.500. The third-order valence-electron chi connectivity index (χ3n) is 5.70. The lowest BCUT2D eigenvalue weighted by atomic mass is 10.0. The predicted molar refractivity (Wildman–Crippen MR) is 128 cm³/mol. The van der Waals surface area contributed by atoms with Crippen LogP contribution in [0, 0.1) is 0 Å². The van der Waals surface area contributed by atoms with E-state index in [4.69, 9.17) is 9.47 Å². The molecule has 4 aromatic rings.